The first-order chi connectivity index (χ1) is 9.93. The maximum absolute atomic E-state index is 2.24. The van der Waals surface area contributed by atoms with Crippen LogP contribution < -0.4 is 0 Å². The van der Waals surface area contributed by atoms with Gasteiger partial charge in [-0.05, 0) is 33.7 Å². The molecule has 0 heterocycles. The second-order valence-electron chi connectivity index (χ2n) is 4.70. The summed E-state index contributed by atoms with van der Waals surface area (Å²) >= 11 is 0. The van der Waals surface area contributed by atoms with Crippen LogP contribution in [-0.4, -0.2) is 8.41 Å². The van der Waals surface area contributed by atoms with Gasteiger partial charge in [-0.2, -0.15) is 0 Å². The molecule has 4 aromatic rings. The zero-order valence-electron chi connectivity index (χ0n) is 11.2. The lowest BCUT2D eigenvalue weighted by Gasteiger charge is -2.00. The summed E-state index contributed by atoms with van der Waals surface area (Å²) < 4.78 is 0. The Bertz CT molecular complexity index is 675. The van der Waals surface area contributed by atoms with Gasteiger partial charge in [0.05, 0.1) is 8.41 Å². The van der Waals surface area contributed by atoms with Gasteiger partial charge < -0.3 is 0 Å². The van der Waals surface area contributed by atoms with E-state index in [9.17, 15) is 0 Å². The lowest BCUT2D eigenvalue weighted by molar-refractivity contribution is 1.72. The lowest BCUT2D eigenvalue weighted by Crippen LogP contribution is -1.74. The molecule has 0 saturated carbocycles. The Balaban J connectivity index is 0.000000197. The average Bonchev–Trinajstić information content (AvgIpc) is 2.55. The maximum atomic E-state index is 2.24. The summed E-state index contributed by atoms with van der Waals surface area (Å²) in [5.74, 6) is 0. The summed E-state index contributed by atoms with van der Waals surface area (Å²) in [4.78, 5) is 0. The van der Waals surface area contributed by atoms with Crippen molar-refractivity contribution in [1.29, 1.82) is 0 Å². The third kappa shape index (κ3) is 3.73. The van der Waals surface area contributed by atoms with E-state index in [4.69, 9.17) is 0 Å². The molecule has 0 spiro atoms. The van der Waals surface area contributed by atoms with E-state index in [-0.39, 0.29) is 8.41 Å². The molecule has 0 radical (unpaired) electrons. The summed E-state index contributed by atoms with van der Waals surface area (Å²) in [7, 11) is 0. The van der Waals surface area contributed by atoms with Crippen LogP contribution in [0.2, 0.25) is 0 Å². The van der Waals surface area contributed by atoms with Gasteiger partial charge in [-0.1, -0.05) is 84.9 Å². The highest BCUT2D eigenvalue weighted by molar-refractivity contribution is 5.98. The zero-order valence-corrected chi connectivity index (χ0v) is 11.2. The molecule has 0 unspecified atom stereocenters. The van der Waals surface area contributed by atoms with Crippen molar-refractivity contribution >= 4 is 30.0 Å². The standard InChI is InChI=1S/C14H10.C6H6.BH3/c1-2-6-12-10-14-8-4-3-7-13(14)9-11(12)5-1;1-2-4-6-5-3-1;/h1-10H;1-6H;1H3. The molecule has 0 atom stereocenters. The number of fused-ring (bicyclic) bond motifs is 2. The van der Waals surface area contributed by atoms with Crippen LogP contribution in [-0.2, 0) is 0 Å². The van der Waals surface area contributed by atoms with Crippen LogP contribution in [0.3, 0.4) is 0 Å². The van der Waals surface area contributed by atoms with Gasteiger partial charge in [-0.3, -0.25) is 0 Å². The molecule has 0 fully saturated rings. The molecule has 4 rings (SSSR count). The van der Waals surface area contributed by atoms with Gasteiger partial charge in [-0.15, -0.1) is 0 Å². The van der Waals surface area contributed by atoms with Crippen molar-refractivity contribution in [2.75, 3.05) is 0 Å². The fourth-order valence-electron chi connectivity index (χ4n) is 2.27. The van der Waals surface area contributed by atoms with Crippen molar-refractivity contribution < 1.29 is 0 Å². The zero-order chi connectivity index (χ0) is 13.6. The van der Waals surface area contributed by atoms with Gasteiger partial charge in [-0.25, -0.2) is 0 Å². The van der Waals surface area contributed by atoms with Gasteiger partial charge in [0.15, 0.2) is 0 Å². The Kier molecular flexibility index (Phi) is 5.17. The van der Waals surface area contributed by atoms with Gasteiger partial charge in [0, 0.05) is 0 Å². The van der Waals surface area contributed by atoms with Gasteiger partial charge in [0.25, 0.3) is 0 Å². The molecule has 1 heteroatoms. The molecule has 4 aromatic carbocycles. The number of rotatable bonds is 0. The van der Waals surface area contributed by atoms with Crippen LogP contribution in [0.5, 0.6) is 0 Å². The highest BCUT2D eigenvalue weighted by atomic mass is 14.0. The van der Waals surface area contributed by atoms with Crippen molar-refractivity contribution in [3.63, 3.8) is 0 Å². The molecule has 0 amide bonds. The predicted molar refractivity (Wildman–Crippen MR) is 97.8 cm³/mol. The molecular weight excluding hydrogens is 251 g/mol. The van der Waals surface area contributed by atoms with Crippen molar-refractivity contribution in [3.05, 3.63) is 97.1 Å². The predicted octanol–water partition coefficient (Wildman–Crippen LogP) is 4.50. The fourth-order valence-corrected chi connectivity index (χ4v) is 2.27. The summed E-state index contributed by atoms with van der Waals surface area (Å²) in [6, 6.07) is 33.4. The Labute approximate surface area is 127 Å². The molecule has 0 aliphatic rings. The van der Waals surface area contributed by atoms with E-state index in [1.54, 1.807) is 0 Å². The van der Waals surface area contributed by atoms with Crippen molar-refractivity contribution in [3.8, 4) is 0 Å². The topological polar surface area (TPSA) is 0 Å². The highest BCUT2D eigenvalue weighted by Gasteiger charge is 1.95. The largest absolute Gasteiger partial charge is 0.0814 e. The van der Waals surface area contributed by atoms with Crippen molar-refractivity contribution in [2.45, 2.75) is 0 Å². The Morgan fingerprint density at radius 3 is 0.810 bits per heavy atom. The average molecular weight is 270 g/mol. The van der Waals surface area contributed by atoms with E-state index in [1.165, 1.54) is 21.5 Å². The molecule has 0 aliphatic heterocycles. The third-order valence-corrected chi connectivity index (χ3v) is 3.28. The Morgan fingerprint density at radius 2 is 0.571 bits per heavy atom. The first kappa shape index (κ1) is 14.9. The number of benzene rings is 4. The monoisotopic (exact) mass is 270 g/mol. The van der Waals surface area contributed by atoms with E-state index in [1.807, 2.05) is 36.4 Å². The molecule has 0 aromatic heterocycles. The van der Waals surface area contributed by atoms with E-state index in [0.29, 0.717) is 0 Å². The highest BCUT2D eigenvalue weighted by Crippen LogP contribution is 2.21. The lowest BCUT2D eigenvalue weighted by atomic mass is 10.0. The molecule has 0 saturated heterocycles. The second-order valence-corrected chi connectivity index (χ2v) is 4.70. The van der Waals surface area contributed by atoms with E-state index in [0.717, 1.165) is 0 Å². The quantitative estimate of drug-likeness (QED) is 0.326. The number of hydrogen-bond donors (Lipinski definition) is 0. The van der Waals surface area contributed by atoms with Crippen LogP contribution in [0.4, 0.5) is 0 Å². The van der Waals surface area contributed by atoms with Crippen LogP contribution >= 0.6 is 0 Å². The molecular formula is C20H19B. The first-order valence-corrected chi connectivity index (χ1v) is 6.81. The normalized spacial score (nSPS) is 9.52. The van der Waals surface area contributed by atoms with Crippen LogP contribution in [0.25, 0.3) is 21.5 Å². The molecule has 21 heavy (non-hydrogen) atoms. The van der Waals surface area contributed by atoms with Crippen LogP contribution in [0.15, 0.2) is 97.1 Å². The SMILES string of the molecule is B.c1ccc2cc3ccccc3cc2c1.c1ccccc1. The minimum Gasteiger partial charge on any atom is -0.0623 e. The molecule has 102 valence electrons. The summed E-state index contributed by atoms with van der Waals surface area (Å²) in [6.45, 7) is 0. The third-order valence-electron chi connectivity index (χ3n) is 3.28. The maximum Gasteiger partial charge on any atom is 0.0814 e. The minimum absolute atomic E-state index is 0. The molecule has 0 nitrogen and oxygen atoms in total. The van der Waals surface area contributed by atoms with Crippen LogP contribution in [0, 0.1) is 0 Å². The van der Waals surface area contributed by atoms with Gasteiger partial charge in [0.1, 0.15) is 0 Å². The smallest absolute Gasteiger partial charge is 0.0623 e. The van der Waals surface area contributed by atoms with E-state index in [2.05, 4.69) is 60.7 Å². The van der Waals surface area contributed by atoms with E-state index >= 15 is 0 Å². The van der Waals surface area contributed by atoms with Crippen molar-refractivity contribution in [2.24, 2.45) is 0 Å². The summed E-state index contributed by atoms with van der Waals surface area (Å²) in [5, 5.41) is 5.25. The summed E-state index contributed by atoms with van der Waals surface area (Å²) in [5.41, 5.74) is 0. The molecule has 0 bridgehead atoms. The molecule has 0 aliphatic carbocycles. The first-order valence-electron chi connectivity index (χ1n) is 6.81. The second kappa shape index (κ2) is 7.30. The molecule has 0 N–H and O–H groups in total. The van der Waals surface area contributed by atoms with E-state index < -0.39 is 0 Å². The Morgan fingerprint density at radius 1 is 0.333 bits per heavy atom. The summed E-state index contributed by atoms with van der Waals surface area (Å²) in [6.07, 6.45) is 0. The fraction of sp³-hybridized carbons (Fsp3) is 0. The van der Waals surface area contributed by atoms with Gasteiger partial charge in [0.2, 0.25) is 0 Å². The van der Waals surface area contributed by atoms with Gasteiger partial charge >= 0.3 is 0 Å². The Hall–Kier alpha value is -2.54. The minimum atomic E-state index is 0. The van der Waals surface area contributed by atoms with Crippen molar-refractivity contribution in [1.82, 2.24) is 0 Å². The van der Waals surface area contributed by atoms with Crippen LogP contribution in [0.1, 0.15) is 0 Å². The number of hydrogen-bond acceptors (Lipinski definition) is 0.